The van der Waals surface area contributed by atoms with E-state index in [4.69, 9.17) is 4.74 Å². The van der Waals surface area contributed by atoms with Gasteiger partial charge in [0.15, 0.2) is 0 Å². The number of rotatable bonds is 2. The molecule has 1 aliphatic carbocycles. The zero-order valence-electron chi connectivity index (χ0n) is 12.8. The van der Waals surface area contributed by atoms with E-state index in [9.17, 15) is 4.79 Å². The smallest absolute Gasteiger partial charge is 0.338 e. The number of ether oxygens (including phenoxy) is 1. The summed E-state index contributed by atoms with van der Waals surface area (Å²) >= 11 is 0. The van der Waals surface area contributed by atoms with Crippen molar-refractivity contribution in [3.8, 4) is 11.1 Å². The van der Waals surface area contributed by atoms with Crippen molar-refractivity contribution < 1.29 is 9.53 Å². The van der Waals surface area contributed by atoms with Gasteiger partial charge in [-0.25, -0.2) is 4.79 Å². The fourth-order valence-corrected chi connectivity index (χ4v) is 3.54. The number of benzene rings is 3. The molecular formula is C21H16O2. The zero-order chi connectivity index (χ0) is 15.8. The molecule has 112 valence electrons. The third kappa shape index (κ3) is 2.07. The molecule has 23 heavy (non-hydrogen) atoms. The molecule has 0 saturated carbocycles. The van der Waals surface area contributed by atoms with E-state index in [2.05, 4.69) is 48.5 Å². The monoisotopic (exact) mass is 300 g/mol. The van der Waals surface area contributed by atoms with E-state index < -0.39 is 0 Å². The molecule has 0 unspecified atom stereocenters. The summed E-state index contributed by atoms with van der Waals surface area (Å²) in [6.45, 7) is 0. The van der Waals surface area contributed by atoms with Crippen molar-refractivity contribution in [3.05, 3.63) is 95.1 Å². The molecule has 0 bridgehead atoms. The van der Waals surface area contributed by atoms with Crippen molar-refractivity contribution in [2.75, 3.05) is 7.11 Å². The molecular weight excluding hydrogens is 284 g/mol. The summed E-state index contributed by atoms with van der Waals surface area (Å²) in [7, 11) is 1.43. The standard InChI is InChI=1S/C21H16O2/c1-23-21(22)19-13-7-6-12-18(19)20-16-10-4-2-8-14(16)15-9-3-5-11-17(15)20/h2-13,20H,1H3. The van der Waals surface area contributed by atoms with E-state index in [1.54, 1.807) is 0 Å². The van der Waals surface area contributed by atoms with Gasteiger partial charge in [-0.05, 0) is 33.9 Å². The molecule has 0 aliphatic heterocycles. The number of hydrogen-bond acceptors (Lipinski definition) is 2. The molecule has 0 radical (unpaired) electrons. The molecule has 2 heteroatoms. The van der Waals surface area contributed by atoms with Gasteiger partial charge in [0.05, 0.1) is 12.7 Å². The number of carbonyl (C=O) groups is 1. The highest BCUT2D eigenvalue weighted by atomic mass is 16.5. The summed E-state index contributed by atoms with van der Waals surface area (Å²) in [6.07, 6.45) is 0. The Labute approximate surface area is 135 Å². The van der Waals surface area contributed by atoms with Gasteiger partial charge in [0.1, 0.15) is 0 Å². The third-order valence-electron chi connectivity index (χ3n) is 4.51. The van der Waals surface area contributed by atoms with Gasteiger partial charge in [-0.3, -0.25) is 0 Å². The van der Waals surface area contributed by atoms with Crippen LogP contribution >= 0.6 is 0 Å². The number of fused-ring (bicyclic) bond motifs is 3. The van der Waals surface area contributed by atoms with Gasteiger partial charge in [-0.1, -0.05) is 66.7 Å². The van der Waals surface area contributed by atoms with Crippen LogP contribution in [-0.4, -0.2) is 13.1 Å². The fraction of sp³-hybridized carbons (Fsp3) is 0.0952. The third-order valence-corrected chi connectivity index (χ3v) is 4.51. The normalized spacial score (nSPS) is 12.6. The van der Waals surface area contributed by atoms with E-state index in [-0.39, 0.29) is 11.9 Å². The van der Waals surface area contributed by atoms with Crippen LogP contribution < -0.4 is 0 Å². The fourth-order valence-electron chi connectivity index (χ4n) is 3.54. The molecule has 0 fully saturated rings. The van der Waals surface area contributed by atoms with Gasteiger partial charge in [-0.15, -0.1) is 0 Å². The van der Waals surface area contributed by atoms with Crippen molar-refractivity contribution in [2.24, 2.45) is 0 Å². The van der Waals surface area contributed by atoms with E-state index in [1.807, 2.05) is 24.3 Å². The first-order valence-electron chi connectivity index (χ1n) is 7.66. The summed E-state index contributed by atoms with van der Waals surface area (Å²) in [4.78, 5) is 12.2. The zero-order valence-corrected chi connectivity index (χ0v) is 12.8. The Bertz CT molecular complexity index is 850. The van der Waals surface area contributed by atoms with Crippen LogP contribution in [0.2, 0.25) is 0 Å². The SMILES string of the molecule is COC(=O)c1ccccc1C1c2ccccc2-c2ccccc21. The molecule has 0 atom stereocenters. The van der Waals surface area contributed by atoms with E-state index >= 15 is 0 Å². The summed E-state index contributed by atoms with van der Waals surface area (Å²) in [5, 5.41) is 0. The first kappa shape index (κ1) is 13.8. The lowest BCUT2D eigenvalue weighted by Gasteiger charge is -2.17. The molecule has 3 aromatic carbocycles. The van der Waals surface area contributed by atoms with Crippen molar-refractivity contribution >= 4 is 5.97 Å². The Morgan fingerprint density at radius 2 is 1.22 bits per heavy atom. The Morgan fingerprint density at radius 1 is 0.739 bits per heavy atom. The van der Waals surface area contributed by atoms with E-state index in [0.717, 1.165) is 5.56 Å². The van der Waals surface area contributed by atoms with Crippen LogP contribution in [-0.2, 0) is 4.74 Å². The van der Waals surface area contributed by atoms with Crippen LogP contribution in [0.5, 0.6) is 0 Å². The number of hydrogen-bond donors (Lipinski definition) is 0. The molecule has 0 aromatic heterocycles. The largest absolute Gasteiger partial charge is 0.465 e. The van der Waals surface area contributed by atoms with Crippen molar-refractivity contribution in [3.63, 3.8) is 0 Å². The van der Waals surface area contributed by atoms with Crippen LogP contribution in [0, 0.1) is 0 Å². The minimum absolute atomic E-state index is 0.0673. The number of carbonyl (C=O) groups excluding carboxylic acids is 1. The van der Waals surface area contributed by atoms with Gasteiger partial charge in [0, 0.05) is 5.92 Å². The Balaban J connectivity index is 1.99. The molecule has 0 N–H and O–H groups in total. The van der Waals surface area contributed by atoms with Gasteiger partial charge < -0.3 is 4.74 Å². The minimum atomic E-state index is -0.289. The van der Waals surface area contributed by atoms with Crippen LogP contribution in [0.1, 0.15) is 33.0 Å². The predicted molar refractivity (Wildman–Crippen MR) is 90.6 cm³/mol. The van der Waals surface area contributed by atoms with E-state index in [0.29, 0.717) is 5.56 Å². The Hall–Kier alpha value is -2.87. The summed E-state index contributed by atoms with van der Waals surface area (Å²) < 4.78 is 4.97. The maximum Gasteiger partial charge on any atom is 0.338 e. The molecule has 0 amide bonds. The quantitative estimate of drug-likeness (QED) is 0.504. The second-order valence-corrected chi connectivity index (χ2v) is 5.69. The predicted octanol–water partition coefficient (Wildman–Crippen LogP) is 4.63. The maximum atomic E-state index is 12.2. The molecule has 0 spiro atoms. The van der Waals surface area contributed by atoms with Gasteiger partial charge in [-0.2, -0.15) is 0 Å². The summed E-state index contributed by atoms with van der Waals surface area (Å²) in [6, 6.07) is 24.5. The van der Waals surface area contributed by atoms with Crippen LogP contribution in [0.15, 0.2) is 72.8 Å². The number of methoxy groups -OCH3 is 1. The topological polar surface area (TPSA) is 26.3 Å². The lowest BCUT2D eigenvalue weighted by Crippen LogP contribution is -2.09. The van der Waals surface area contributed by atoms with Crippen molar-refractivity contribution in [2.45, 2.75) is 5.92 Å². The molecule has 1 aliphatic rings. The lowest BCUT2D eigenvalue weighted by molar-refractivity contribution is 0.0599. The van der Waals surface area contributed by atoms with Crippen LogP contribution in [0.4, 0.5) is 0 Å². The molecule has 2 nitrogen and oxygen atoms in total. The molecule has 3 aromatic rings. The average Bonchev–Trinajstić information content (AvgIpc) is 2.95. The average molecular weight is 300 g/mol. The minimum Gasteiger partial charge on any atom is -0.465 e. The highest BCUT2D eigenvalue weighted by molar-refractivity contribution is 5.93. The first-order chi connectivity index (χ1) is 11.3. The maximum absolute atomic E-state index is 12.2. The summed E-state index contributed by atoms with van der Waals surface area (Å²) in [5.41, 5.74) is 6.60. The second-order valence-electron chi connectivity index (χ2n) is 5.69. The van der Waals surface area contributed by atoms with E-state index in [1.165, 1.54) is 29.4 Å². The van der Waals surface area contributed by atoms with Gasteiger partial charge in [0.2, 0.25) is 0 Å². The van der Waals surface area contributed by atoms with Gasteiger partial charge >= 0.3 is 5.97 Å². The van der Waals surface area contributed by atoms with Gasteiger partial charge in [0.25, 0.3) is 0 Å². The highest BCUT2D eigenvalue weighted by Crippen LogP contribution is 2.48. The van der Waals surface area contributed by atoms with Crippen LogP contribution in [0.3, 0.4) is 0 Å². The van der Waals surface area contributed by atoms with Crippen molar-refractivity contribution in [1.82, 2.24) is 0 Å². The summed E-state index contributed by atoms with van der Waals surface area (Å²) in [5.74, 6) is -0.222. The van der Waals surface area contributed by atoms with Crippen LogP contribution in [0.25, 0.3) is 11.1 Å². The Morgan fingerprint density at radius 3 is 1.78 bits per heavy atom. The Kier molecular flexibility index (Phi) is 3.23. The lowest BCUT2D eigenvalue weighted by atomic mass is 9.86. The highest BCUT2D eigenvalue weighted by Gasteiger charge is 2.31. The second kappa shape index (κ2) is 5.40. The molecule has 4 rings (SSSR count). The first-order valence-corrected chi connectivity index (χ1v) is 7.66. The molecule has 0 heterocycles. The van der Waals surface area contributed by atoms with Crippen molar-refractivity contribution in [1.29, 1.82) is 0 Å². The molecule has 0 saturated heterocycles. The number of esters is 1.